The van der Waals surface area contributed by atoms with Gasteiger partial charge in [0.15, 0.2) is 5.78 Å². The predicted octanol–water partition coefficient (Wildman–Crippen LogP) is 0.0319. The second-order valence-electron chi connectivity index (χ2n) is 6.55. The smallest absolute Gasteiger partial charge is 0.223 e. The van der Waals surface area contributed by atoms with E-state index in [2.05, 4.69) is 0 Å². The second-order valence-corrected chi connectivity index (χ2v) is 6.55. The number of likely N-dealkylation sites (tertiary alicyclic amines) is 1. The zero-order chi connectivity index (χ0) is 15.0. The van der Waals surface area contributed by atoms with Crippen molar-refractivity contribution in [3.63, 3.8) is 0 Å². The fraction of sp³-hybridized carbons (Fsp3) is 0.800. The number of amides is 1. The van der Waals surface area contributed by atoms with Gasteiger partial charge in [0.1, 0.15) is 12.9 Å². The van der Waals surface area contributed by atoms with Crippen LogP contribution in [-0.4, -0.2) is 54.2 Å². The van der Waals surface area contributed by atoms with E-state index >= 15 is 0 Å². The molecule has 116 valence electrons. The fourth-order valence-corrected chi connectivity index (χ4v) is 4.25. The highest BCUT2D eigenvalue weighted by molar-refractivity contribution is 5.88. The highest BCUT2D eigenvalue weighted by Gasteiger charge is 2.50. The van der Waals surface area contributed by atoms with E-state index < -0.39 is 11.5 Å². The molecule has 3 unspecified atom stereocenters. The molecule has 0 radical (unpaired) electrons. The van der Waals surface area contributed by atoms with Gasteiger partial charge in [-0.3, -0.25) is 14.5 Å². The number of rotatable bonds is 5. The summed E-state index contributed by atoms with van der Waals surface area (Å²) in [5, 5.41) is 0. The van der Waals surface area contributed by atoms with E-state index in [1.54, 1.807) is 0 Å². The average Bonchev–Trinajstić information content (AvgIpc) is 3.15. The monoisotopic (exact) mass is 294 g/mol. The van der Waals surface area contributed by atoms with E-state index in [4.69, 9.17) is 10.5 Å². The summed E-state index contributed by atoms with van der Waals surface area (Å²) in [6, 6.07) is -0.734. The minimum Gasteiger partial charge on any atom is -0.369 e. The zero-order valence-corrected chi connectivity index (χ0v) is 12.1. The molecule has 2 saturated heterocycles. The summed E-state index contributed by atoms with van der Waals surface area (Å²) in [5.74, 6) is -0.263. The molecule has 0 aromatic rings. The van der Waals surface area contributed by atoms with E-state index in [-0.39, 0.29) is 30.4 Å². The number of carbonyl (C=O) groups is 3. The molecule has 6 nitrogen and oxygen atoms in total. The van der Waals surface area contributed by atoms with Crippen LogP contribution in [0.3, 0.4) is 0 Å². The van der Waals surface area contributed by atoms with E-state index in [0.29, 0.717) is 13.0 Å². The number of ketones is 1. The number of nitrogens with zero attached hydrogens (tertiary/aromatic N) is 1. The van der Waals surface area contributed by atoms with Crippen molar-refractivity contribution in [1.82, 2.24) is 4.90 Å². The van der Waals surface area contributed by atoms with E-state index in [0.717, 1.165) is 38.4 Å². The lowest BCUT2D eigenvalue weighted by Crippen LogP contribution is -2.49. The summed E-state index contributed by atoms with van der Waals surface area (Å²) in [6.45, 7) is 0.803. The van der Waals surface area contributed by atoms with Gasteiger partial charge >= 0.3 is 0 Å². The Bertz CT molecular complexity index is 459. The summed E-state index contributed by atoms with van der Waals surface area (Å²) in [4.78, 5) is 37.4. The van der Waals surface area contributed by atoms with Crippen molar-refractivity contribution in [2.45, 2.75) is 56.7 Å². The van der Waals surface area contributed by atoms with Gasteiger partial charge in [0.2, 0.25) is 5.91 Å². The molecule has 0 aromatic heterocycles. The fourth-order valence-electron chi connectivity index (χ4n) is 4.25. The summed E-state index contributed by atoms with van der Waals surface area (Å²) in [5.41, 5.74) is 5.03. The highest BCUT2D eigenvalue weighted by atomic mass is 16.5. The highest BCUT2D eigenvalue weighted by Crippen LogP contribution is 2.43. The number of hydrogen-bond donors (Lipinski definition) is 1. The largest absolute Gasteiger partial charge is 0.369 e. The van der Waals surface area contributed by atoms with E-state index in [1.807, 2.05) is 4.90 Å². The van der Waals surface area contributed by atoms with Crippen LogP contribution in [0.5, 0.6) is 0 Å². The van der Waals surface area contributed by atoms with Gasteiger partial charge in [0.25, 0.3) is 0 Å². The first-order valence-electron chi connectivity index (χ1n) is 7.73. The number of hydrogen-bond acceptors (Lipinski definition) is 5. The Balaban J connectivity index is 1.77. The van der Waals surface area contributed by atoms with Crippen molar-refractivity contribution < 1.29 is 19.1 Å². The molecule has 3 rings (SSSR count). The van der Waals surface area contributed by atoms with Crippen LogP contribution in [-0.2, 0) is 19.1 Å². The van der Waals surface area contributed by atoms with Crippen molar-refractivity contribution in [3.8, 4) is 0 Å². The summed E-state index contributed by atoms with van der Waals surface area (Å²) in [7, 11) is 0. The SMILES string of the molecule is NC(=O)C1(CC(C=O)N2CCC3OCC(=O)C32)CCCC1. The third-order valence-electron chi connectivity index (χ3n) is 5.42. The normalized spacial score (nSPS) is 33.0. The third-order valence-corrected chi connectivity index (χ3v) is 5.42. The Labute approximate surface area is 124 Å². The molecule has 2 aliphatic heterocycles. The average molecular weight is 294 g/mol. The maximum atomic E-state index is 12.0. The molecule has 3 atom stereocenters. The maximum Gasteiger partial charge on any atom is 0.223 e. The molecule has 2 heterocycles. The lowest BCUT2D eigenvalue weighted by Gasteiger charge is -2.34. The van der Waals surface area contributed by atoms with E-state index in [9.17, 15) is 14.4 Å². The molecule has 6 heteroatoms. The number of primary amides is 1. The Kier molecular flexibility index (Phi) is 3.84. The first kappa shape index (κ1) is 14.7. The van der Waals surface area contributed by atoms with Crippen LogP contribution in [0.2, 0.25) is 0 Å². The molecule has 3 fully saturated rings. The standard InChI is InChI=1S/C15H22N2O4/c16-14(20)15(4-1-2-5-15)7-10(8-18)17-6-3-12-13(17)11(19)9-21-12/h8,10,12-13H,1-7,9H2,(H2,16,20). The van der Waals surface area contributed by atoms with Crippen molar-refractivity contribution in [2.24, 2.45) is 11.1 Å². The Morgan fingerprint density at radius 2 is 2.19 bits per heavy atom. The van der Waals surface area contributed by atoms with Crippen LogP contribution >= 0.6 is 0 Å². The van der Waals surface area contributed by atoms with Crippen molar-refractivity contribution in [2.75, 3.05) is 13.2 Å². The quantitative estimate of drug-likeness (QED) is 0.723. The second kappa shape index (κ2) is 5.50. The van der Waals surface area contributed by atoms with Crippen LogP contribution in [0.4, 0.5) is 0 Å². The number of nitrogens with two attached hydrogens (primary N) is 1. The Morgan fingerprint density at radius 1 is 1.48 bits per heavy atom. The Morgan fingerprint density at radius 3 is 2.81 bits per heavy atom. The van der Waals surface area contributed by atoms with Crippen molar-refractivity contribution in [3.05, 3.63) is 0 Å². The van der Waals surface area contributed by atoms with E-state index in [1.165, 1.54) is 0 Å². The van der Waals surface area contributed by atoms with Crippen LogP contribution in [0, 0.1) is 5.41 Å². The van der Waals surface area contributed by atoms with Gasteiger partial charge in [-0.25, -0.2) is 0 Å². The van der Waals surface area contributed by atoms with Crippen LogP contribution in [0.25, 0.3) is 0 Å². The summed E-state index contributed by atoms with van der Waals surface area (Å²) < 4.78 is 5.46. The van der Waals surface area contributed by atoms with Gasteiger partial charge in [-0.2, -0.15) is 0 Å². The predicted molar refractivity (Wildman–Crippen MR) is 74.4 cm³/mol. The maximum absolute atomic E-state index is 12.0. The first-order valence-corrected chi connectivity index (χ1v) is 7.73. The number of carbonyl (C=O) groups excluding carboxylic acids is 3. The number of Topliss-reactive ketones (excluding diaryl/α,β-unsaturated/α-hetero) is 1. The minimum absolute atomic E-state index is 0.0453. The topological polar surface area (TPSA) is 89.7 Å². The molecular formula is C15H22N2O4. The lowest BCUT2D eigenvalue weighted by molar-refractivity contribution is -0.130. The van der Waals surface area contributed by atoms with Gasteiger partial charge in [-0.1, -0.05) is 12.8 Å². The minimum atomic E-state index is -0.577. The molecule has 0 spiro atoms. The van der Waals surface area contributed by atoms with Gasteiger partial charge in [-0.15, -0.1) is 0 Å². The van der Waals surface area contributed by atoms with Gasteiger partial charge in [0.05, 0.1) is 23.6 Å². The van der Waals surface area contributed by atoms with Crippen molar-refractivity contribution in [1.29, 1.82) is 0 Å². The molecule has 0 aromatic carbocycles. The summed E-state index contributed by atoms with van der Waals surface area (Å²) in [6.07, 6.45) is 5.43. The molecule has 1 aliphatic carbocycles. The molecule has 2 N–H and O–H groups in total. The van der Waals surface area contributed by atoms with Crippen LogP contribution in [0.15, 0.2) is 0 Å². The molecule has 1 saturated carbocycles. The van der Waals surface area contributed by atoms with Crippen LogP contribution < -0.4 is 5.73 Å². The molecular weight excluding hydrogens is 272 g/mol. The Hall–Kier alpha value is -1.27. The lowest BCUT2D eigenvalue weighted by atomic mass is 9.79. The molecule has 3 aliphatic rings. The number of ether oxygens (including phenoxy) is 1. The van der Waals surface area contributed by atoms with Crippen LogP contribution in [0.1, 0.15) is 38.5 Å². The number of fused-ring (bicyclic) bond motifs is 1. The molecule has 1 amide bonds. The third kappa shape index (κ3) is 2.40. The van der Waals surface area contributed by atoms with Crippen molar-refractivity contribution >= 4 is 18.0 Å². The van der Waals surface area contributed by atoms with Gasteiger partial charge in [-0.05, 0) is 25.7 Å². The summed E-state index contributed by atoms with van der Waals surface area (Å²) >= 11 is 0. The zero-order valence-electron chi connectivity index (χ0n) is 12.1. The molecule has 21 heavy (non-hydrogen) atoms. The van der Waals surface area contributed by atoms with Gasteiger partial charge in [0, 0.05) is 6.54 Å². The molecule has 0 bridgehead atoms. The number of aldehydes is 1. The van der Waals surface area contributed by atoms with Gasteiger partial charge < -0.3 is 15.3 Å². The first-order chi connectivity index (χ1) is 10.1.